The lowest BCUT2D eigenvalue weighted by Crippen LogP contribution is -2.62. The lowest BCUT2D eigenvalue weighted by molar-refractivity contribution is -0.156. The number of cyclic esters (lactones) is 1. The number of rotatable bonds is 9. The minimum Gasteiger partial charge on any atom is -0.508 e. The number of ether oxygens (including phenoxy) is 2. The zero-order chi connectivity index (χ0) is 43.9. The molecule has 5 N–H and O–H groups in total. The number of phenolic OH excluding ortho intramolecular Hbond substituents is 1. The first kappa shape index (κ1) is 48.3. The van der Waals surface area contributed by atoms with Crippen molar-refractivity contribution in [3.05, 3.63) is 77.9 Å². The molecular weight excluding hydrogens is 757 g/mol. The highest BCUT2D eigenvalue weighted by molar-refractivity contribution is 5.93. The molecule has 6 unspecified atom stereocenters. The molecular formula is C45H64N4O10. The number of ketones is 1. The summed E-state index contributed by atoms with van der Waals surface area (Å²) in [6.45, 7) is 14.0. The molecule has 3 rings (SSSR count). The number of Topliss-reactive ketones (excluding diaryl/α,β-unsaturated/α-hetero) is 1. The van der Waals surface area contributed by atoms with Crippen molar-refractivity contribution in [2.75, 3.05) is 6.54 Å². The van der Waals surface area contributed by atoms with Gasteiger partial charge in [0, 0.05) is 31.9 Å². The first-order valence-corrected chi connectivity index (χ1v) is 20.5. The summed E-state index contributed by atoms with van der Waals surface area (Å²) in [7, 11) is 0. The zero-order valence-electron chi connectivity index (χ0n) is 35.7. The summed E-state index contributed by atoms with van der Waals surface area (Å²) in [6.07, 6.45) is 11.4. The van der Waals surface area contributed by atoms with Gasteiger partial charge in [0.1, 0.15) is 41.4 Å². The number of amides is 3. The highest BCUT2D eigenvalue weighted by Gasteiger charge is 2.38. The molecule has 2 heterocycles. The van der Waals surface area contributed by atoms with Crippen LogP contribution in [0.1, 0.15) is 99.5 Å². The van der Waals surface area contributed by atoms with E-state index in [1.807, 2.05) is 12.2 Å². The number of hydrogen-bond acceptors (Lipinski definition) is 11. The van der Waals surface area contributed by atoms with Crippen molar-refractivity contribution in [1.82, 2.24) is 21.1 Å². The summed E-state index contributed by atoms with van der Waals surface area (Å²) in [4.78, 5) is 80.3. The topological polar surface area (TPSA) is 201 Å². The molecule has 0 aromatic heterocycles. The molecule has 1 aromatic carbocycles. The molecule has 3 amide bonds. The Morgan fingerprint density at radius 1 is 1.03 bits per heavy atom. The lowest BCUT2D eigenvalue weighted by Gasteiger charge is -2.36. The molecule has 7 atom stereocenters. The van der Waals surface area contributed by atoms with Crippen molar-refractivity contribution in [3.63, 3.8) is 0 Å². The molecule has 0 aliphatic carbocycles. The van der Waals surface area contributed by atoms with Crippen LogP contribution in [0.25, 0.3) is 0 Å². The lowest BCUT2D eigenvalue weighted by atomic mass is 9.85. The van der Waals surface area contributed by atoms with E-state index in [0.29, 0.717) is 30.4 Å². The third-order valence-electron chi connectivity index (χ3n) is 10.1. The summed E-state index contributed by atoms with van der Waals surface area (Å²) in [5, 5.41) is 28.6. The SMILES string of the molecule is CC(=O)CCC1C(=O)NC(C(C)C)C(=O)NC(Cc2cccc(O)c2)C(=O)N2CCCC(N2)C(=O)O[C@H](/C(C)=C/C=C/C(=O)OC(C)(C)C)C/C=C/C=C/CC(C)C1O. The molecule has 2 aliphatic heterocycles. The van der Waals surface area contributed by atoms with E-state index in [1.165, 1.54) is 36.2 Å². The molecule has 59 heavy (non-hydrogen) atoms. The van der Waals surface area contributed by atoms with Gasteiger partial charge in [0.2, 0.25) is 11.8 Å². The Morgan fingerprint density at radius 3 is 2.37 bits per heavy atom. The average molecular weight is 821 g/mol. The number of nitrogens with zero attached hydrogens (tertiary/aromatic N) is 1. The second-order valence-electron chi connectivity index (χ2n) is 16.9. The van der Waals surface area contributed by atoms with Gasteiger partial charge >= 0.3 is 11.9 Å². The number of carbonyl (C=O) groups excluding carboxylic acids is 6. The van der Waals surface area contributed by atoms with Crippen LogP contribution in [-0.2, 0) is 44.7 Å². The predicted molar refractivity (Wildman–Crippen MR) is 223 cm³/mol. The highest BCUT2D eigenvalue weighted by atomic mass is 16.6. The van der Waals surface area contributed by atoms with E-state index in [1.54, 1.807) is 78.8 Å². The van der Waals surface area contributed by atoms with E-state index in [4.69, 9.17) is 9.47 Å². The van der Waals surface area contributed by atoms with Crippen LogP contribution in [0.3, 0.4) is 0 Å². The molecule has 14 nitrogen and oxygen atoms in total. The fourth-order valence-electron chi connectivity index (χ4n) is 6.75. The predicted octanol–water partition coefficient (Wildman–Crippen LogP) is 4.70. The van der Waals surface area contributed by atoms with E-state index in [9.17, 15) is 39.0 Å². The third-order valence-corrected chi connectivity index (χ3v) is 10.1. The van der Waals surface area contributed by atoms with E-state index in [0.717, 1.165) is 0 Å². The maximum atomic E-state index is 14.3. The van der Waals surface area contributed by atoms with Crippen molar-refractivity contribution in [1.29, 1.82) is 0 Å². The maximum absolute atomic E-state index is 14.3. The quantitative estimate of drug-likeness (QED) is 0.131. The van der Waals surface area contributed by atoms with Crippen molar-refractivity contribution in [3.8, 4) is 5.75 Å². The van der Waals surface area contributed by atoms with E-state index < -0.39 is 83.3 Å². The van der Waals surface area contributed by atoms with Crippen molar-refractivity contribution < 1.29 is 48.5 Å². The van der Waals surface area contributed by atoms with E-state index in [2.05, 4.69) is 16.1 Å². The molecule has 1 fully saturated rings. The molecule has 0 radical (unpaired) electrons. The zero-order valence-corrected chi connectivity index (χ0v) is 35.7. The number of phenols is 1. The second kappa shape index (κ2) is 22.9. The largest absolute Gasteiger partial charge is 0.508 e. The number of aliphatic hydroxyl groups is 1. The Balaban J connectivity index is 2.04. The number of benzene rings is 1. The number of esters is 2. The first-order chi connectivity index (χ1) is 27.7. The van der Waals surface area contributed by atoms with Gasteiger partial charge in [-0.3, -0.25) is 24.2 Å². The van der Waals surface area contributed by atoms with Gasteiger partial charge in [-0.2, -0.15) is 0 Å². The van der Waals surface area contributed by atoms with Crippen LogP contribution in [0.5, 0.6) is 5.75 Å². The smallest absolute Gasteiger partial charge is 0.331 e. The molecule has 0 saturated carbocycles. The van der Waals surface area contributed by atoms with Crippen LogP contribution in [0, 0.1) is 17.8 Å². The highest BCUT2D eigenvalue weighted by Crippen LogP contribution is 2.24. The third kappa shape index (κ3) is 16.2. The Morgan fingerprint density at radius 2 is 1.73 bits per heavy atom. The number of aliphatic hydroxyl groups excluding tert-OH is 1. The van der Waals surface area contributed by atoms with Crippen LogP contribution in [0.15, 0.2) is 72.4 Å². The minimum atomic E-state index is -1.19. The fraction of sp³-hybridized carbons (Fsp3) is 0.556. The van der Waals surface area contributed by atoms with Gasteiger partial charge in [0.05, 0.1) is 12.0 Å². The normalized spacial score (nSPS) is 27.2. The molecule has 1 aromatic rings. The van der Waals surface area contributed by atoms with Crippen LogP contribution in [0.4, 0.5) is 0 Å². The number of hydrogen-bond donors (Lipinski definition) is 5. The fourth-order valence-corrected chi connectivity index (χ4v) is 6.75. The molecule has 324 valence electrons. The molecule has 2 aliphatic rings. The number of aromatic hydroxyl groups is 1. The number of fused-ring (bicyclic) bond motifs is 2. The van der Waals surface area contributed by atoms with Crippen molar-refractivity contribution >= 4 is 35.4 Å². The molecule has 0 spiro atoms. The van der Waals surface area contributed by atoms with Gasteiger partial charge in [-0.15, -0.1) is 0 Å². The second-order valence-corrected chi connectivity index (χ2v) is 16.9. The van der Waals surface area contributed by atoms with Crippen LogP contribution in [-0.4, -0.2) is 93.1 Å². The first-order valence-electron chi connectivity index (χ1n) is 20.5. The Kier molecular flexibility index (Phi) is 18.7. The van der Waals surface area contributed by atoms with Gasteiger partial charge in [0.25, 0.3) is 5.91 Å². The molecule has 1 saturated heterocycles. The van der Waals surface area contributed by atoms with E-state index in [-0.39, 0.29) is 43.8 Å². The summed E-state index contributed by atoms with van der Waals surface area (Å²) < 4.78 is 11.4. The van der Waals surface area contributed by atoms with E-state index >= 15 is 0 Å². The Hall–Kier alpha value is -5.08. The number of carbonyl (C=O) groups is 6. The summed E-state index contributed by atoms with van der Waals surface area (Å²) in [5.41, 5.74) is 3.54. The average Bonchev–Trinajstić information content (AvgIpc) is 3.15. The van der Waals surface area contributed by atoms with Gasteiger partial charge < -0.3 is 35.1 Å². The number of nitrogens with one attached hydrogen (secondary N) is 3. The summed E-state index contributed by atoms with van der Waals surface area (Å²) in [5.74, 6) is -4.92. The number of allylic oxidation sites excluding steroid dienone is 5. The van der Waals surface area contributed by atoms with Crippen molar-refractivity contribution in [2.24, 2.45) is 17.8 Å². The summed E-state index contributed by atoms with van der Waals surface area (Å²) in [6, 6.07) is 3.09. The van der Waals surface area contributed by atoms with Gasteiger partial charge in [-0.1, -0.05) is 69.4 Å². The summed E-state index contributed by atoms with van der Waals surface area (Å²) >= 11 is 0. The van der Waals surface area contributed by atoms with Gasteiger partial charge in [0.15, 0.2) is 0 Å². The monoisotopic (exact) mass is 820 g/mol. The standard InChI is InChI=1S/C45H64N4O10/c1-28(2)39-42(55)46-36(27-32-18-14-19-33(51)26-32)43(56)49-25-15-20-35(48-49)44(57)58-37(29(3)17-13-22-38(52)59-45(6,7)8)21-12-10-9-11-16-30(4)40(53)34(41(54)47-39)24-23-31(5)50/h9-14,17-19,22,26,28,30,34-37,39-40,48,51,53H,15-16,20-21,23-25,27H2,1-8H3,(H,46,55)(H,47,54)/b11-9+,12-10+,22-13+,29-17+/t30?,34?,35?,36?,37-,39?,40?/m0/s1. The molecule has 2 bridgehead atoms. The minimum absolute atomic E-state index is 0.0226. The van der Waals surface area contributed by atoms with Gasteiger partial charge in [-0.25, -0.2) is 10.2 Å². The van der Waals surface area contributed by atoms with Crippen LogP contribution in [0.2, 0.25) is 0 Å². The number of hydrazine groups is 1. The van der Waals surface area contributed by atoms with Crippen molar-refractivity contribution in [2.45, 2.75) is 136 Å². The Labute approximate surface area is 348 Å². The van der Waals surface area contributed by atoms with Crippen LogP contribution < -0.4 is 16.1 Å². The molecule has 14 heteroatoms. The van der Waals surface area contributed by atoms with Gasteiger partial charge in [-0.05, 0) is 95.4 Å². The van der Waals surface area contributed by atoms with Crippen LogP contribution >= 0.6 is 0 Å². The maximum Gasteiger partial charge on any atom is 0.331 e. The Bertz CT molecular complexity index is 1760.